The molecule has 1 N–H and O–H groups in total. The molecule has 1 aliphatic carbocycles. The fraction of sp³-hybridized carbons (Fsp3) is 0.643. The van der Waals surface area contributed by atoms with Gasteiger partial charge in [-0.3, -0.25) is 9.59 Å². The van der Waals surface area contributed by atoms with Crippen LogP contribution in [-0.2, 0) is 11.3 Å². The van der Waals surface area contributed by atoms with Crippen LogP contribution in [0.3, 0.4) is 0 Å². The zero-order valence-electron chi connectivity index (χ0n) is 11.6. The summed E-state index contributed by atoms with van der Waals surface area (Å²) < 4.78 is 1.93. The van der Waals surface area contributed by atoms with Gasteiger partial charge < -0.3 is 9.67 Å². The Morgan fingerprint density at radius 2 is 2.25 bits per heavy atom. The van der Waals surface area contributed by atoms with Gasteiger partial charge in [-0.1, -0.05) is 37.9 Å². The summed E-state index contributed by atoms with van der Waals surface area (Å²) in [6, 6.07) is 1.44. The fourth-order valence-corrected chi connectivity index (χ4v) is 3.42. The molecule has 0 saturated heterocycles. The molecule has 1 aliphatic rings. The number of aliphatic carboxylic acids is 1. The van der Waals surface area contributed by atoms with Gasteiger partial charge in [0.15, 0.2) is 5.16 Å². The van der Waals surface area contributed by atoms with E-state index >= 15 is 0 Å². The lowest BCUT2D eigenvalue weighted by molar-refractivity contribution is -0.133. The molecule has 2 atom stereocenters. The molecule has 0 amide bonds. The quantitative estimate of drug-likeness (QED) is 0.666. The van der Waals surface area contributed by atoms with Gasteiger partial charge in [0.2, 0.25) is 0 Å². The number of hydrogen-bond acceptors (Lipinski definition) is 4. The van der Waals surface area contributed by atoms with Gasteiger partial charge in [-0.2, -0.15) is 4.98 Å². The Bertz CT molecular complexity index is 529. The molecule has 110 valence electrons. The minimum atomic E-state index is -0.898. The maximum atomic E-state index is 11.4. The van der Waals surface area contributed by atoms with E-state index in [4.69, 9.17) is 5.11 Å². The van der Waals surface area contributed by atoms with Gasteiger partial charge in [0.1, 0.15) is 0 Å². The largest absolute Gasteiger partial charge is 0.481 e. The van der Waals surface area contributed by atoms with Gasteiger partial charge in [0.25, 0.3) is 5.56 Å². The van der Waals surface area contributed by atoms with E-state index in [-0.39, 0.29) is 11.3 Å². The van der Waals surface area contributed by atoms with Gasteiger partial charge in [0, 0.05) is 18.8 Å². The van der Waals surface area contributed by atoms with E-state index in [1.807, 2.05) is 4.57 Å². The van der Waals surface area contributed by atoms with Crippen LogP contribution in [-0.4, -0.2) is 26.4 Å². The van der Waals surface area contributed by atoms with Crippen LogP contribution in [0.1, 0.15) is 32.6 Å². The Labute approximate surface area is 122 Å². The Kier molecular flexibility index (Phi) is 5.23. The van der Waals surface area contributed by atoms with E-state index in [1.54, 1.807) is 6.20 Å². The molecular formula is C14H20N2O3S. The highest BCUT2D eigenvalue weighted by molar-refractivity contribution is 7.99. The Morgan fingerprint density at radius 3 is 2.95 bits per heavy atom. The second kappa shape index (κ2) is 6.92. The van der Waals surface area contributed by atoms with Crippen molar-refractivity contribution >= 4 is 17.7 Å². The molecule has 0 bridgehead atoms. The van der Waals surface area contributed by atoms with Crippen molar-refractivity contribution in [3.63, 3.8) is 0 Å². The first-order valence-electron chi connectivity index (χ1n) is 6.98. The predicted molar refractivity (Wildman–Crippen MR) is 78.0 cm³/mol. The van der Waals surface area contributed by atoms with E-state index in [0.717, 1.165) is 18.3 Å². The highest BCUT2D eigenvalue weighted by Gasteiger charge is 2.22. The second-order valence-corrected chi connectivity index (χ2v) is 6.35. The molecule has 0 spiro atoms. The van der Waals surface area contributed by atoms with Crippen molar-refractivity contribution < 1.29 is 9.90 Å². The summed E-state index contributed by atoms with van der Waals surface area (Å²) in [5.41, 5.74) is -0.314. The van der Waals surface area contributed by atoms with Crippen LogP contribution in [0.5, 0.6) is 0 Å². The minimum absolute atomic E-state index is 0.0727. The number of rotatable bonds is 5. The maximum absolute atomic E-state index is 11.4. The molecule has 5 nitrogen and oxygen atoms in total. The van der Waals surface area contributed by atoms with Crippen LogP contribution >= 0.6 is 11.8 Å². The Hall–Kier alpha value is -1.30. The van der Waals surface area contributed by atoms with Gasteiger partial charge in [-0.05, 0) is 18.3 Å². The molecule has 1 aromatic rings. The van der Waals surface area contributed by atoms with Crippen LogP contribution in [0.15, 0.2) is 22.2 Å². The third kappa shape index (κ3) is 4.10. The SMILES string of the molecule is CC1CCCCC1Cn1ccc(=O)nc1SCC(=O)O. The lowest BCUT2D eigenvalue weighted by atomic mass is 9.80. The Balaban J connectivity index is 2.13. The number of carbonyl (C=O) groups is 1. The maximum Gasteiger partial charge on any atom is 0.313 e. The van der Waals surface area contributed by atoms with Gasteiger partial charge in [0.05, 0.1) is 5.75 Å². The fourth-order valence-electron chi connectivity index (χ4n) is 2.71. The van der Waals surface area contributed by atoms with Crippen molar-refractivity contribution in [3.05, 3.63) is 22.6 Å². The topological polar surface area (TPSA) is 72.2 Å². The van der Waals surface area contributed by atoms with Crippen LogP contribution in [0, 0.1) is 11.8 Å². The molecule has 1 saturated carbocycles. The molecule has 0 aromatic carbocycles. The van der Waals surface area contributed by atoms with Crippen molar-refractivity contribution in [3.8, 4) is 0 Å². The van der Waals surface area contributed by atoms with Gasteiger partial charge in [-0.25, -0.2) is 0 Å². The lowest BCUT2D eigenvalue weighted by Crippen LogP contribution is -2.24. The van der Waals surface area contributed by atoms with Crippen molar-refractivity contribution in [2.45, 2.75) is 44.3 Å². The zero-order valence-corrected chi connectivity index (χ0v) is 12.4. The summed E-state index contributed by atoms with van der Waals surface area (Å²) in [6.07, 6.45) is 6.72. The van der Waals surface area contributed by atoms with Crippen LogP contribution in [0.2, 0.25) is 0 Å². The van der Waals surface area contributed by atoms with Crippen LogP contribution in [0.25, 0.3) is 0 Å². The highest BCUT2D eigenvalue weighted by Crippen LogP contribution is 2.31. The monoisotopic (exact) mass is 296 g/mol. The number of thioether (sulfide) groups is 1. The number of hydrogen-bond donors (Lipinski definition) is 1. The van der Waals surface area contributed by atoms with E-state index in [0.29, 0.717) is 17.0 Å². The third-order valence-electron chi connectivity index (χ3n) is 3.89. The van der Waals surface area contributed by atoms with Crippen LogP contribution < -0.4 is 5.56 Å². The number of carboxylic acids is 1. The summed E-state index contributed by atoms with van der Waals surface area (Å²) in [4.78, 5) is 26.0. The smallest absolute Gasteiger partial charge is 0.313 e. The highest BCUT2D eigenvalue weighted by atomic mass is 32.2. The van der Waals surface area contributed by atoms with Gasteiger partial charge >= 0.3 is 5.97 Å². The van der Waals surface area contributed by atoms with E-state index < -0.39 is 5.97 Å². The van der Waals surface area contributed by atoms with Crippen molar-refractivity contribution in [2.24, 2.45) is 11.8 Å². The predicted octanol–water partition coefficient (Wildman–Crippen LogP) is 2.25. The van der Waals surface area contributed by atoms with Gasteiger partial charge in [-0.15, -0.1) is 0 Å². The first kappa shape index (κ1) is 15.1. The molecule has 0 aliphatic heterocycles. The summed E-state index contributed by atoms with van der Waals surface area (Å²) in [5.74, 6) is 0.278. The molecule has 0 radical (unpaired) electrons. The average Bonchev–Trinajstić information content (AvgIpc) is 2.41. The Morgan fingerprint density at radius 1 is 1.50 bits per heavy atom. The van der Waals surface area contributed by atoms with E-state index in [2.05, 4.69) is 11.9 Å². The molecule has 1 aromatic heterocycles. The number of carboxylic acid groups (broad SMARTS) is 1. The second-order valence-electron chi connectivity index (χ2n) is 5.40. The lowest BCUT2D eigenvalue weighted by Gasteiger charge is -2.29. The molecule has 2 rings (SSSR count). The van der Waals surface area contributed by atoms with Crippen LogP contribution in [0.4, 0.5) is 0 Å². The zero-order chi connectivity index (χ0) is 14.5. The first-order valence-corrected chi connectivity index (χ1v) is 7.97. The molecule has 1 fully saturated rings. The molecular weight excluding hydrogens is 276 g/mol. The summed E-state index contributed by atoms with van der Waals surface area (Å²) >= 11 is 1.11. The standard InChI is InChI=1S/C14H20N2O3S/c1-10-4-2-3-5-11(10)8-16-7-6-12(17)15-14(16)20-9-13(18)19/h6-7,10-11H,2-5,8-9H2,1H3,(H,18,19). The number of nitrogens with zero attached hydrogens (tertiary/aromatic N) is 2. The summed E-state index contributed by atoms with van der Waals surface area (Å²) in [7, 11) is 0. The van der Waals surface area contributed by atoms with E-state index in [9.17, 15) is 9.59 Å². The van der Waals surface area contributed by atoms with E-state index in [1.165, 1.54) is 31.7 Å². The van der Waals surface area contributed by atoms with Crippen molar-refractivity contribution in [1.29, 1.82) is 0 Å². The van der Waals surface area contributed by atoms with Crippen molar-refractivity contribution in [1.82, 2.24) is 9.55 Å². The number of aromatic nitrogens is 2. The third-order valence-corrected chi connectivity index (χ3v) is 4.87. The average molecular weight is 296 g/mol. The first-order chi connectivity index (χ1) is 9.56. The molecule has 20 heavy (non-hydrogen) atoms. The molecule has 2 unspecified atom stereocenters. The van der Waals surface area contributed by atoms with Crippen molar-refractivity contribution in [2.75, 3.05) is 5.75 Å². The normalized spacial score (nSPS) is 22.6. The minimum Gasteiger partial charge on any atom is -0.481 e. The molecule has 6 heteroatoms. The molecule has 1 heterocycles. The summed E-state index contributed by atoms with van der Waals surface area (Å²) in [6.45, 7) is 3.08. The summed E-state index contributed by atoms with van der Waals surface area (Å²) in [5, 5.41) is 9.27.